The second kappa shape index (κ2) is 6.76. The van der Waals surface area contributed by atoms with E-state index in [-0.39, 0.29) is 5.54 Å². The molecule has 1 rings (SSSR count). The molecule has 0 saturated carbocycles. The summed E-state index contributed by atoms with van der Waals surface area (Å²) in [4.78, 5) is 0. The lowest BCUT2D eigenvalue weighted by Crippen LogP contribution is -2.35. The minimum Gasteiger partial charge on any atom is -0.493 e. The topological polar surface area (TPSA) is 21.3 Å². The van der Waals surface area contributed by atoms with Crippen LogP contribution in [0.25, 0.3) is 0 Å². The first-order valence-electron chi connectivity index (χ1n) is 6.90. The smallest absolute Gasteiger partial charge is 0.123 e. The lowest BCUT2D eigenvalue weighted by atomic mass is 10.1. The predicted octanol–water partition coefficient (Wildman–Crippen LogP) is 4.23. The van der Waals surface area contributed by atoms with Crippen LogP contribution in [0.15, 0.2) is 30.4 Å². The SMILES string of the molecule is C=C(C)CCOc1ccc(C)cc1CNC(C)(C)C. The van der Waals surface area contributed by atoms with Crippen molar-refractivity contribution in [1.82, 2.24) is 5.32 Å². The molecule has 0 radical (unpaired) electrons. The van der Waals surface area contributed by atoms with Crippen molar-refractivity contribution in [2.24, 2.45) is 0 Å². The Morgan fingerprint density at radius 1 is 1.32 bits per heavy atom. The molecular formula is C17H27NO. The van der Waals surface area contributed by atoms with Crippen molar-refractivity contribution in [1.29, 1.82) is 0 Å². The fourth-order valence-corrected chi connectivity index (χ4v) is 1.68. The summed E-state index contributed by atoms with van der Waals surface area (Å²) >= 11 is 0. The normalized spacial score (nSPS) is 11.4. The maximum absolute atomic E-state index is 5.87. The number of aryl methyl sites for hydroxylation is 1. The molecule has 2 heteroatoms. The van der Waals surface area contributed by atoms with Gasteiger partial charge in [-0.2, -0.15) is 0 Å². The average molecular weight is 261 g/mol. The molecule has 106 valence electrons. The molecular weight excluding hydrogens is 234 g/mol. The third-order valence-corrected chi connectivity index (χ3v) is 2.81. The Balaban J connectivity index is 2.71. The van der Waals surface area contributed by atoms with Crippen molar-refractivity contribution in [3.8, 4) is 5.75 Å². The minimum atomic E-state index is 0.110. The number of nitrogens with one attached hydrogen (secondary N) is 1. The van der Waals surface area contributed by atoms with Crippen LogP contribution in [0, 0.1) is 6.92 Å². The lowest BCUT2D eigenvalue weighted by molar-refractivity contribution is 0.315. The van der Waals surface area contributed by atoms with Crippen LogP contribution in [-0.4, -0.2) is 12.1 Å². The Morgan fingerprint density at radius 3 is 2.58 bits per heavy atom. The van der Waals surface area contributed by atoms with Gasteiger partial charge >= 0.3 is 0 Å². The van der Waals surface area contributed by atoms with Crippen molar-refractivity contribution in [2.75, 3.05) is 6.61 Å². The van der Waals surface area contributed by atoms with Crippen LogP contribution < -0.4 is 10.1 Å². The first-order chi connectivity index (χ1) is 8.78. The van der Waals surface area contributed by atoms with Gasteiger partial charge in [-0.25, -0.2) is 0 Å². The third kappa shape index (κ3) is 6.44. The Morgan fingerprint density at radius 2 is 2.00 bits per heavy atom. The van der Waals surface area contributed by atoms with Crippen LogP contribution in [0.1, 0.15) is 45.2 Å². The molecule has 0 saturated heterocycles. The maximum atomic E-state index is 5.87. The zero-order valence-electron chi connectivity index (χ0n) is 13.0. The molecule has 0 spiro atoms. The van der Waals surface area contributed by atoms with Gasteiger partial charge in [0, 0.05) is 24.1 Å². The second-order valence-corrected chi connectivity index (χ2v) is 6.27. The highest BCUT2D eigenvalue weighted by Gasteiger charge is 2.11. The van der Waals surface area contributed by atoms with Gasteiger partial charge in [0.15, 0.2) is 0 Å². The summed E-state index contributed by atoms with van der Waals surface area (Å²) in [5.41, 5.74) is 3.75. The Bertz CT molecular complexity index is 429. The summed E-state index contributed by atoms with van der Waals surface area (Å²) in [5.74, 6) is 0.976. The van der Waals surface area contributed by atoms with Gasteiger partial charge in [0.25, 0.3) is 0 Å². The van der Waals surface area contributed by atoms with Gasteiger partial charge in [0.1, 0.15) is 5.75 Å². The van der Waals surface area contributed by atoms with E-state index >= 15 is 0 Å². The van der Waals surface area contributed by atoms with Crippen LogP contribution in [0.3, 0.4) is 0 Å². The van der Waals surface area contributed by atoms with Gasteiger partial charge < -0.3 is 10.1 Å². The van der Waals surface area contributed by atoms with Crippen molar-refractivity contribution < 1.29 is 4.74 Å². The molecule has 1 aromatic carbocycles. The van der Waals surface area contributed by atoms with E-state index in [0.29, 0.717) is 6.61 Å². The Labute approximate surface area is 117 Å². The standard InChI is InChI=1S/C17H27NO/c1-13(2)9-10-19-16-8-7-14(3)11-15(16)12-18-17(4,5)6/h7-8,11,18H,1,9-10,12H2,2-6H3. The van der Waals surface area contributed by atoms with E-state index in [4.69, 9.17) is 4.74 Å². The van der Waals surface area contributed by atoms with Crippen molar-refractivity contribution >= 4 is 0 Å². The fraction of sp³-hybridized carbons (Fsp3) is 0.529. The van der Waals surface area contributed by atoms with Crippen LogP contribution in [0.2, 0.25) is 0 Å². The summed E-state index contributed by atoms with van der Waals surface area (Å²) in [6.45, 7) is 16.1. The van der Waals surface area contributed by atoms with Gasteiger partial charge in [-0.1, -0.05) is 23.3 Å². The molecule has 0 aliphatic rings. The number of hydrogen-bond donors (Lipinski definition) is 1. The highest BCUT2D eigenvalue weighted by molar-refractivity contribution is 5.37. The largest absolute Gasteiger partial charge is 0.493 e. The van der Waals surface area contributed by atoms with E-state index in [1.54, 1.807) is 0 Å². The molecule has 1 N–H and O–H groups in total. The molecule has 0 aliphatic heterocycles. The average Bonchev–Trinajstić information content (AvgIpc) is 2.27. The van der Waals surface area contributed by atoms with Crippen LogP contribution >= 0.6 is 0 Å². The molecule has 2 nitrogen and oxygen atoms in total. The molecule has 0 unspecified atom stereocenters. The van der Waals surface area contributed by atoms with E-state index in [1.807, 2.05) is 6.92 Å². The third-order valence-electron chi connectivity index (χ3n) is 2.81. The van der Waals surface area contributed by atoms with Crippen LogP contribution in [-0.2, 0) is 6.54 Å². The van der Waals surface area contributed by atoms with Gasteiger partial charge in [-0.3, -0.25) is 0 Å². The summed E-state index contributed by atoms with van der Waals surface area (Å²) in [5, 5.41) is 3.51. The van der Waals surface area contributed by atoms with Gasteiger partial charge in [-0.05, 0) is 40.7 Å². The Kier molecular flexibility index (Phi) is 5.61. The molecule has 0 amide bonds. The number of rotatable bonds is 6. The summed E-state index contributed by atoms with van der Waals surface area (Å²) in [7, 11) is 0. The minimum absolute atomic E-state index is 0.110. The second-order valence-electron chi connectivity index (χ2n) is 6.27. The summed E-state index contributed by atoms with van der Waals surface area (Å²) in [6.07, 6.45) is 0.903. The molecule has 0 heterocycles. The van der Waals surface area contributed by atoms with Gasteiger partial charge in [0.05, 0.1) is 6.61 Å². The molecule has 0 bridgehead atoms. The zero-order chi connectivity index (χ0) is 14.5. The van der Waals surface area contributed by atoms with E-state index in [1.165, 1.54) is 11.1 Å². The van der Waals surface area contributed by atoms with Crippen LogP contribution in [0.5, 0.6) is 5.75 Å². The van der Waals surface area contributed by atoms with Gasteiger partial charge in [0.2, 0.25) is 0 Å². The molecule has 19 heavy (non-hydrogen) atoms. The van der Waals surface area contributed by atoms with Crippen molar-refractivity contribution in [3.63, 3.8) is 0 Å². The molecule has 0 aromatic heterocycles. The molecule has 0 fully saturated rings. The number of ether oxygens (including phenoxy) is 1. The maximum Gasteiger partial charge on any atom is 0.123 e. The Hall–Kier alpha value is -1.28. The highest BCUT2D eigenvalue weighted by Crippen LogP contribution is 2.21. The van der Waals surface area contributed by atoms with E-state index in [2.05, 4.69) is 57.8 Å². The van der Waals surface area contributed by atoms with Crippen molar-refractivity contribution in [3.05, 3.63) is 41.5 Å². The molecule has 0 atom stereocenters. The van der Waals surface area contributed by atoms with E-state index in [0.717, 1.165) is 24.3 Å². The first-order valence-corrected chi connectivity index (χ1v) is 6.90. The van der Waals surface area contributed by atoms with Crippen molar-refractivity contribution in [2.45, 2.75) is 53.1 Å². The zero-order valence-corrected chi connectivity index (χ0v) is 13.0. The molecule has 1 aromatic rings. The summed E-state index contributed by atoms with van der Waals surface area (Å²) < 4.78 is 5.87. The number of hydrogen-bond acceptors (Lipinski definition) is 2. The van der Waals surface area contributed by atoms with Gasteiger partial charge in [-0.15, -0.1) is 6.58 Å². The molecule has 0 aliphatic carbocycles. The lowest BCUT2D eigenvalue weighted by Gasteiger charge is -2.22. The highest BCUT2D eigenvalue weighted by atomic mass is 16.5. The summed E-state index contributed by atoms with van der Waals surface area (Å²) in [6, 6.07) is 6.35. The monoisotopic (exact) mass is 261 g/mol. The number of benzene rings is 1. The predicted molar refractivity (Wildman–Crippen MR) is 82.7 cm³/mol. The quantitative estimate of drug-likeness (QED) is 0.774. The van der Waals surface area contributed by atoms with E-state index < -0.39 is 0 Å². The van der Waals surface area contributed by atoms with Crippen LogP contribution in [0.4, 0.5) is 0 Å². The fourth-order valence-electron chi connectivity index (χ4n) is 1.68. The first kappa shape index (κ1) is 15.8. The van der Waals surface area contributed by atoms with E-state index in [9.17, 15) is 0 Å².